The van der Waals surface area contributed by atoms with Crippen LogP contribution in [0.1, 0.15) is 5.56 Å². The number of nitrogen functional groups attached to an aromatic ring is 1. The Kier molecular flexibility index (Phi) is 3.78. The van der Waals surface area contributed by atoms with Gasteiger partial charge in [-0.2, -0.15) is 0 Å². The Bertz CT molecular complexity index is 760. The molecule has 0 aliphatic heterocycles. The minimum absolute atomic E-state index is 0.00399. The molecule has 0 saturated heterocycles. The number of nitrogens with two attached hydrogens (primary N) is 1. The van der Waals surface area contributed by atoms with Gasteiger partial charge in [0.05, 0.1) is 16.3 Å². The van der Waals surface area contributed by atoms with Gasteiger partial charge in [0.1, 0.15) is 5.75 Å². The van der Waals surface area contributed by atoms with Crippen LogP contribution >= 0.6 is 11.6 Å². The molecule has 2 aromatic carbocycles. The standard InChI is InChI=1S/C13H13ClN2O3S/c1-8-2-3-9(14)6-12(8)16-20(18,19)10-4-5-13(17)11(15)7-10/h2-7,16-17H,15H2,1H3. The van der Waals surface area contributed by atoms with Gasteiger partial charge in [0.25, 0.3) is 10.0 Å². The highest BCUT2D eigenvalue weighted by atomic mass is 35.5. The lowest BCUT2D eigenvalue weighted by atomic mass is 10.2. The van der Waals surface area contributed by atoms with Crippen LogP contribution in [-0.4, -0.2) is 13.5 Å². The molecular weight excluding hydrogens is 300 g/mol. The van der Waals surface area contributed by atoms with Crippen LogP contribution in [0.3, 0.4) is 0 Å². The van der Waals surface area contributed by atoms with Crippen molar-refractivity contribution in [3.05, 3.63) is 47.0 Å². The van der Waals surface area contributed by atoms with Crippen LogP contribution in [0.25, 0.3) is 0 Å². The first-order valence-electron chi connectivity index (χ1n) is 5.67. The van der Waals surface area contributed by atoms with E-state index < -0.39 is 10.0 Å². The van der Waals surface area contributed by atoms with E-state index in [0.717, 1.165) is 5.56 Å². The van der Waals surface area contributed by atoms with E-state index >= 15 is 0 Å². The number of phenols is 1. The second-order valence-corrected chi connectivity index (χ2v) is 6.40. The van der Waals surface area contributed by atoms with Gasteiger partial charge in [0.15, 0.2) is 0 Å². The van der Waals surface area contributed by atoms with Gasteiger partial charge in [-0.25, -0.2) is 8.42 Å². The molecule has 0 unspecified atom stereocenters. The molecule has 2 rings (SSSR count). The number of sulfonamides is 1. The highest BCUT2D eigenvalue weighted by molar-refractivity contribution is 7.92. The number of hydrogen-bond acceptors (Lipinski definition) is 4. The number of hydrogen-bond donors (Lipinski definition) is 3. The van der Waals surface area contributed by atoms with Gasteiger partial charge in [-0.1, -0.05) is 17.7 Å². The Balaban J connectivity index is 2.40. The minimum Gasteiger partial charge on any atom is -0.506 e. The zero-order valence-electron chi connectivity index (χ0n) is 10.6. The first-order chi connectivity index (χ1) is 9.29. The molecule has 2 aromatic rings. The fourth-order valence-electron chi connectivity index (χ4n) is 1.61. The maximum Gasteiger partial charge on any atom is 0.261 e. The van der Waals surface area contributed by atoms with Crippen molar-refractivity contribution < 1.29 is 13.5 Å². The molecule has 5 nitrogen and oxygen atoms in total. The summed E-state index contributed by atoms with van der Waals surface area (Å²) < 4.78 is 26.9. The summed E-state index contributed by atoms with van der Waals surface area (Å²) >= 11 is 5.85. The van der Waals surface area contributed by atoms with Gasteiger partial charge in [0.2, 0.25) is 0 Å². The number of aryl methyl sites for hydroxylation is 1. The number of anilines is 2. The van der Waals surface area contributed by atoms with E-state index in [-0.39, 0.29) is 16.3 Å². The normalized spacial score (nSPS) is 11.3. The lowest BCUT2D eigenvalue weighted by molar-refractivity contribution is 0.477. The van der Waals surface area contributed by atoms with Crippen LogP contribution in [0.5, 0.6) is 5.75 Å². The van der Waals surface area contributed by atoms with E-state index in [1.165, 1.54) is 24.3 Å². The smallest absolute Gasteiger partial charge is 0.261 e. The highest BCUT2D eigenvalue weighted by Crippen LogP contribution is 2.26. The number of aromatic hydroxyl groups is 1. The molecular formula is C13H13ClN2O3S. The van der Waals surface area contributed by atoms with E-state index in [1.807, 2.05) is 0 Å². The Labute approximate surface area is 122 Å². The predicted molar refractivity (Wildman–Crippen MR) is 79.5 cm³/mol. The van der Waals surface area contributed by atoms with E-state index in [0.29, 0.717) is 10.7 Å². The second kappa shape index (κ2) is 5.22. The van der Waals surface area contributed by atoms with E-state index in [1.54, 1.807) is 19.1 Å². The average molecular weight is 313 g/mol. The molecule has 106 valence electrons. The highest BCUT2D eigenvalue weighted by Gasteiger charge is 2.16. The number of halogens is 1. The van der Waals surface area contributed by atoms with Crippen molar-refractivity contribution in [1.82, 2.24) is 0 Å². The summed E-state index contributed by atoms with van der Waals surface area (Å²) in [5.41, 5.74) is 6.63. The summed E-state index contributed by atoms with van der Waals surface area (Å²) in [4.78, 5) is -0.0350. The molecule has 0 aromatic heterocycles. The Morgan fingerprint density at radius 1 is 1.20 bits per heavy atom. The first-order valence-corrected chi connectivity index (χ1v) is 7.53. The van der Waals surface area contributed by atoms with Crippen molar-refractivity contribution in [2.24, 2.45) is 0 Å². The summed E-state index contributed by atoms with van der Waals surface area (Å²) in [6.07, 6.45) is 0. The van der Waals surface area contributed by atoms with Crippen molar-refractivity contribution >= 4 is 33.0 Å². The van der Waals surface area contributed by atoms with Crippen LogP contribution in [0.2, 0.25) is 5.02 Å². The van der Waals surface area contributed by atoms with E-state index in [9.17, 15) is 13.5 Å². The topological polar surface area (TPSA) is 92.4 Å². The zero-order chi connectivity index (χ0) is 14.9. The molecule has 0 fully saturated rings. The molecule has 4 N–H and O–H groups in total. The minimum atomic E-state index is -3.79. The van der Waals surface area contributed by atoms with Crippen LogP contribution < -0.4 is 10.5 Å². The van der Waals surface area contributed by atoms with Gasteiger partial charge in [-0.15, -0.1) is 0 Å². The lowest BCUT2D eigenvalue weighted by Gasteiger charge is -2.11. The van der Waals surface area contributed by atoms with Crippen molar-refractivity contribution in [2.45, 2.75) is 11.8 Å². The largest absolute Gasteiger partial charge is 0.506 e. The zero-order valence-corrected chi connectivity index (χ0v) is 12.2. The molecule has 0 bridgehead atoms. The lowest BCUT2D eigenvalue weighted by Crippen LogP contribution is -2.14. The van der Waals surface area contributed by atoms with E-state index in [2.05, 4.69) is 4.72 Å². The summed E-state index contributed by atoms with van der Waals surface area (Å²) in [6.45, 7) is 1.76. The predicted octanol–water partition coefficient (Wildman–Crippen LogP) is 2.74. The molecule has 0 radical (unpaired) electrons. The van der Waals surface area contributed by atoms with Crippen LogP contribution in [0, 0.1) is 6.92 Å². The van der Waals surface area contributed by atoms with Gasteiger partial charge in [0, 0.05) is 5.02 Å². The number of phenolic OH excluding ortho intramolecular Hbond substituents is 1. The van der Waals surface area contributed by atoms with Crippen molar-refractivity contribution in [1.29, 1.82) is 0 Å². The fourth-order valence-corrected chi connectivity index (χ4v) is 2.94. The number of nitrogens with one attached hydrogen (secondary N) is 1. The SMILES string of the molecule is Cc1ccc(Cl)cc1NS(=O)(=O)c1ccc(O)c(N)c1. The molecule has 0 aliphatic carbocycles. The summed E-state index contributed by atoms with van der Waals surface area (Å²) in [5.74, 6) is -0.164. The third kappa shape index (κ3) is 2.97. The van der Waals surface area contributed by atoms with Gasteiger partial charge < -0.3 is 10.8 Å². The van der Waals surface area contributed by atoms with Crippen LogP contribution in [0.15, 0.2) is 41.3 Å². The molecule has 0 amide bonds. The maximum absolute atomic E-state index is 12.2. The summed E-state index contributed by atoms with van der Waals surface area (Å²) in [7, 11) is -3.79. The summed E-state index contributed by atoms with van der Waals surface area (Å²) in [5, 5.41) is 9.75. The van der Waals surface area contributed by atoms with Gasteiger partial charge in [-0.3, -0.25) is 4.72 Å². The Morgan fingerprint density at radius 3 is 2.55 bits per heavy atom. The molecule has 0 heterocycles. The Morgan fingerprint density at radius 2 is 1.90 bits per heavy atom. The van der Waals surface area contributed by atoms with Crippen molar-refractivity contribution in [3.63, 3.8) is 0 Å². The number of rotatable bonds is 3. The maximum atomic E-state index is 12.2. The van der Waals surface area contributed by atoms with Gasteiger partial charge in [-0.05, 0) is 42.8 Å². The molecule has 7 heteroatoms. The summed E-state index contributed by atoms with van der Waals surface area (Å²) in [6, 6.07) is 8.61. The third-order valence-corrected chi connectivity index (χ3v) is 4.35. The Hall–Kier alpha value is -1.92. The average Bonchev–Trinajstić information content (AvgIpc) is 2.36. The van der Waals surface area contributed by atoms with Crippen molar-refractivity contribution in [3.8, 4) is 5.75 Å². The van der Waals surface area contributed by atoms with Gasteiger partial charge >= 0.3 is 0 Å². The molecule has 0 spiro atoms. The molecule has 0 atom stereocenters. The fraction of sp³-hybridized carbons (Fsp3) is 0.0769. The molecule has 20 heavy (non-hydrogen) atoms. The molecule has 0 aliphatic rings. The first kappa shape index (κ1) is 14.5. The molecule has 0 saturated carbocycles. The monoisotopic (exact) mass is 312 g/mol. The van der Waals surface area contributed by atoms with Crippen LogP contribution in [-0.2, 0) is 10.0 Å². The van der Waals surface area contributed by atoms with Crippen LogP contribution in [0.4, 0.5) is 11.4 Å². The quantitative estimate of drug-likeness (QED) is 0.600. The van der Waals surface area contributed by atoms with Crippen molar-refractivity contribution in [2.75, 3.05) is 10.5 Å². The number of benzene rings is 2. The second-order valence-electron chi connectivity index (χ2n) is 4.29. The van der Waals surface area contributed by atoms with E-state index in [4.69, 9.17) is 17.3 Å². The third-order valence-electron chi connectivity index (χ3n) is 2.75.